The molecule has 0 amide bonds. The summed E-state index contributed by atoms with van der Waals surface area (Å²) in [5, 5.41) is 8.94. The summed E-state index contributed by atoms with van der Waals surface area (Å²) in [6.45, 7) is 4.19. The van der Waals surface area contributed by atoms with Gasteiger partial charge in [0.1, 0.15) is 0 Å². The fourth-order valence-electron chi connectivity index (χ4n) is 1.48. The van der Waals surface area contributed by atoms with Crippen molar-refractivity contribution in [1.29, 1.82) is 0 Å². The summed E-state index contributed by atoms with van der Waals surface area (Å²) in [5.74, 6) is 0. The molecular formula is C8H16O2. The third-order valence-electron chi connectivity index (χ3n) is 2.14. The standard InChI is InChI=1S/C8H16O2/c1-7-4-3-5-8(2,6-9)10-7/h7,9H,3-6H2,1-2H3. The molecule has 1 N–H and O–H groups in total. The lowest BCUT2D eigenvalue weighted by Crippen LogP contribution is -2.39. The van der Waals surface area contributed by atoms with Crippen molar-refractivity contribution in [2.75, 3.05) is 6.61 Å². The molecule has 2 nitrogen and oxygen atoms in total. The molecule has 2 unspecified atom stereocenters. The van der Waals surface area contributed by atoms with Crippen LogP contribution in [0.2, 0.25) is 0 Å². The molecule has 0 saturated carbocycles. The van der Waals surface area contributed by atoms with E-state index in [9.17, 15) is 0 Å². The van der Waals surface area contributed by atoms with Crippen molar-refractivity contribution >= 4 is 0 Å². The molecule has 1 saturated heterocycles. The number of hydrogen-bond acceptors (Lipinski definition) is 2. The molecule has 1 aliphatic heterocycles. The van der Waals surface area contributed by atoms with Gasteiger partial charge in [-0.3, -0.25) is 0 Å². The van der Waals surface area contributed by atoms with E-state index >= 15 is 0 Å². The van der Waals surface area contributed by atoms with E-state index in [1.165, 1.54) is 6.42 Å². The van der Waals surface area contributed by atoms with Crippen LogP contribution in [0.3, 0.4) is 0 Å². The monoisotopic (exact) mass is 144 g/mol. The van der Waals surface area contributed by atoms with Crippen molar-refractivity contribution in [3.63, 3.8) is 0 Å². The second kappa shape index (κ2) is 2.89. The first kappa shape index (κ1) is 8.02. The van der Waals surface area contributed by atoms with Crippen molar-refractivity contribution in [3.05, 3.63) is 0 Å². The normalized spacial score (nSPS) is 41.7. The van der Waals surface area contributed by atoms with Gasteiger partial charge in [-0.15, -0.1) is 0 Å². The zero-order valence-electron chi connectivity index (χ0n) is 6.76. The number of rotatable bonds is 1. The summed E-state index contributed by atoms with van der Waals surface area (Å²) in [6, 6.07) is 0. The van der Waals surface area contributed by atoms with Crippen LogP contribution in [0.15, 0.2) is 0 Å². The third kappa shape index (κ3) is 1.70. The third-order valence-corrected chi connectivity index (χ3v) is 2.14. The Balaban J connectivity index is 2.45. The van der Waals surface area contributed by atoms with Gasteiger partial charge >= 0.3 is 0 Å². The molecule has 0 aromatic carbocycles. The van der Waals surface area contributed by atoms with Crippen LogP contribution in [0.1, 0.15) is 33.1 Å². The lowest BCUT2D eigenvalue weighted by molar-refractivity contribution is -0.132. The topological polar surface area (TPSA) is 29.5 Å². The Hall–Kier alpha value is -0.0800. The molecule has 0 radical (unpaired) electrons. The Bertz CT molecular complexity index is 114. The average molecular weight is 144 g/mol. The Morgan fingerprint density at radius 1 is 1.70 bits per heavy atom. The van der Waals surface area contributed by atoms with Gasteiger partial charge in [-0.1, -0.05) is 0 Å². The summed E-state index contributed by atoms with van der Waals surface area (Å²) in [4.78, 5) is 0. The van der Waals surface area contributed by atoms with Crippen molar-refractivity contribution in [1.82, 2.24) is 0 Å². The summed E-state index contributed by atoms with van der Waals surface area (Å²) >= 11 is 0. The quantitative estimate of drug-likeness (QED) is 0.601. The second-order valence-corrected chi connectivity index (χ2v) is 3.43. The van der Waals surface area contributed by atoms with Crippen LogP contribution in [0.4, 0.5) is 0 Å². The predicted octanol–water partition coefficient (Wildman–Crippen LogP) is 1.33. The van der Waals surface area contributed by atoms with Crippen LogP contribution >= 0.6 is 0 Å². The van der Waals surface area contributed by atoms with Crippen molar-refractivity contribution < 1.29 is 9.84 Å². The predicted molar refractivity (Wildman–Crippen MR) is 39.9 cm³/mol. The van der Waals surface area contributed by atoms with Gasteiger partial charge in [-0.25, -0.2) is 0 Å². The largest absolute Gasteiger partial charge is 0.393 e. The van der Waals surface area contributed by atoms with Crippen LogP contribution < -0.4 is 0 Å². The molecule has 0 bridgehead atoms. The van der Waals surface area contributed by atoms with Gasteiger partial charge in [0, 0.05) is 0 Å². The van der Waals surface area contributed by atoms with Gasteiger partial charge in [0.05, 0.1) is 18.3 Å². The number of aliphatic hydroxyl groups excluding tert-OH is 1. The molecule has 10 heavy (non-hydrogen) atoms. The van der Waals surface area contributed by atoms with E-state index < -0.39 is 0 Å². The van der Waals surface area contributed by atoms with Crippen LogP contribution in [0, 0.1) is 0 Å². The fourth-order valence-corrected chi connectivity index (χ4v) is 1.48. The van der Waals surface area contributed by atoms with Gasteiger partial charge in [-0.2, -0.15) is 0 Å². The molecule has 1 heterocycles. The van der Waals surface area contributed by atoms with Gasteiger partial charge < -0.3 is 9.84 Å². The minimum atomic E-state index is -0.252. The summed E-state index contributed by atoms with van der Waals surface area (Å²) in [6.07, 6.45) is 3.63. The highest BCUT2D eigenvalue weighted by molar-refractivity contribution is 4.79. The number of ether oxygens (including phenoxy) is 1. The maximum Gasteiger partial charge on any atom is 0.0887 e. The van der Waals surface area contributed by atoms with Gasteiger partial charge in [0.25, 0.3) is 0 Å². The zero-order chi connectivity index (χ0) is 7.61. The number of aliphatic hydroxyl groups is 1. The fraction of sp³-hybridized carbons (Fsp3) is 1.00. The molecule has 0 aliphatic carbocycles. The Morgan fingerprint density at radius 3 is 2.80 bits per heavy atom. The van der Waals surface area contributed by atoms with E-state index in [2.05, 4.69) is 6.92 Å². The van der Waals surface area contributed by atoms with E-state index in [1.807, 2.05) is 6.92 Å². The van der Waals surface area contributed by atoms with Crippen LogP contribution in [-0.2, 0) is 4.74 Å². The maximum atomic E-state index is 8.94. The van der Waals surface area contributed by atoms with E-state index in [0.29, 0.717) is 6.10 Å². The molecule has 0 aromatic rings. The highest BCUT2D eigenvalue weighted by Crippen LogP contribution is 2.27. The van der Waals surface area contributed by atoms with Crippen molar-refractivity contribution in [2.24, 2.45) is 0 Å². The van der Waals surface area contributed by atoms with Gasteiger partial charge in [-0.05, 0) is 33.1 Å². The smallest absolute Gasteiger partial charge is 0.0887 e. The second-order valence-electron chi connectivity index (χ2n) is 3.43. The van der Waals surface area contributed by atoms with Gasteiger partial charge in [0.2, 0.25) is 0 Å². The Kier molecular flexibility index (Phi) is 2.32. The van der Waals surface area contributed by atoms with Crippen LogP contribution in [-0.4, -0.2) is 23.4 Å². The van der Waals surface area contributed by atoms with Crippen LogP contribution in [0.5, 0.6) is 0 Å². The van der Waals surface area contributed by atoms with Crippen molar-refractivity contribution in [3.8, 4) is 0 Å². The first-order valence-corrected chi connectivity index (χ1v) is 3.95. The molecule has 60 valence electrons. The molecule has 0 spiro atoms. The molecule has 1 aliphatic rings. The molecule has 2 atom stereocenters. The van der Waals surface area contributed by atoms with E-state index in [0.717, 1.165) is 12.8 Å². The Morgan fingerprint density at radius 2 is 2.40 bits per heavy atom. The summed E-state index contributed by atoms with van der Waals surface area (Å²) < 4.78 is 5.57. The summed E-state index contributed by atoms with van der Waals surface area (Å²) in [5.41, 5.74) is -0.252. The molecule has 1 fully saturated rings. The SMILES string of the molecule is CC1CCCC(C)(CO)O1. The van der Waals surface area contributed by atoms with Crippen molar-refractivity contribution in [2.45, 2.75) is 44.8 Å². The lowest BCUT2D eigenvalue weighted by atomic mass is 9.94. The number of hydrogen-bond donors (Lipinski definition) is 1. The molecule has 2 heteroatoms. The highest BCUT2D eigenvalue weighted by Gasteiger charge is 2.29. The Labute approximate surface area is 62.2 Å². The molecule has 1 rings (SSSR count). The minimum absolute atomic E-state index is 0.150. The van der Waals surface area contributed by atoms with Crippen LogP contribution in [0.25, 0.3) is 0 Å². The highest BCUT2D eigenvalue weighted by atomic mass is 16.5. The first-order chi connectivity index (χ1) is 4.66. The zero-order valence-corrected chi connectivity index (χ0v) is 6.76. The lowest BCUT2D eigenvalue weighted by Gasteiger charge is -2.35. The molecule has 0 aromatic heterocycles. The minimum Gasteiger partial charge on any atom is -0.393 e. The van der Waals surface area contributed by atoms with E-state index in [1.54, 1.807) is 0 Å². The van der Waals surface area contributed by atoms with E-state index in [4.69, 9.17) is 9.84 Å². The van der Waals surface area contributed by atoms with Gasteiger partial charge in [0.15, 0.2) is 0 Å². The summed E-state index contributed by atoms with van der Waals surface area (Å²) in [7, 11) is 0. The van der Waals surface area contributed by atoms with E-state index in [-0.39, 0.29) is 12.2 Å². The maximum absolute atomic E-state index is 8.94. The molecular weight excluding hydrogens is 128 g/mol. The first-order valence-electron chi connectivity index (χ1n) is 3.95. The average Bonchev–Trinajstić information content (AvgIpc) is 1.88.